The Morgan fingerprint density at radius 2 is 1.52 bits per heavy atom. The van der Waals surface area contributed by atoms with Gasteiger partial charge in [0.15, 0.2) is 0 Å². The van der Waals surface area contributed by atoms with Crippen molar-refractivity contribution >= 4 is 46.8 Å². The van der Waals surface area contributed by atoms with Gasteiger partial charge in [-0.2, -0.15) is 0 Å². The van der Waals surface area contributed by atoms with E-state index in [0.717, 1.165) is 31.2 Å². The molecule has 3 aromatic rings. The van der Waals surface area contributed by atoms with Gasteiger partial charge in [0.05, 0.1) is 12.2 Å². The van der Waals surface area contributed by atoms with E-state index in [1.54, 1.807) is 81.4 Å². The van der Waals surface area contributed by atoms with Crippen molar-refractivity contribution in [1.29, 1.82) is 0 Å². The summed E-state index contributed by atoms with van der Waals surface area (Å²) in [5.41, 5.74) is 1.95. The molecule has 0 aliphatic heterocycles. The molecule has 1 fully saturated rings. The fourth-order valence-electron chi connectivity index (χ4n) is 4.92. The van der Waals surface area contributed by atoms with Gasteiger partial charge in [0.1, 0.15) is 5.54 Å². The van der Waals surface area contributed by atoms with Crippen molar-refractivity contribution in [2.75, 3.05) is 22.6 Å². The number of rotatable bonds is 11. The molecule has 0 saturated heterocycles. The van der Waals surface area contributed by atoms with Gasteiger partial charge < -0.3 is 26.0 Å². The smallest absolute Gasteiger partial charge is 0.330 e. The van der Waals surface area contributed by atoms with Crippen molar-refractivity contribution in [3.63, 3.8) is 0 Å². The minimum Gasteiger partial charge on any atom is -0.463 e. The van der Waals surface area contributed by atoms with Crippen LogP contribution in [0.4, 0.5) is 17.1 Å². The van der Waals surface area contributed by atoms with Crippen LogP contribution < -0.4 is 21.3 Å². The van der Waals surface area contributed by atoms with Crippen LogP contribution in [0.1, 0.15) is 79.2 Å². The van der Waals surface area contributed by atoms with Gasteiger partial charge in [-0.1, -0.05) is 49.6 Å². The maximum absolute atomic E-state index is 13.4. The summed E-state index contributed by atoms with van der Waals surface area (Å²) >= 11 is 0. The van der Waals surface area contributed by atoms with E-state index in [1.165, 1.54) is 12.5 Å². The van der Waals surface area contributed by atoms with Crippen LogP contribution in [0.25, 0.3) is 6.08 Å². The summed E-state index contributed by atoms with van der Waals surface area (Å²) in [5.74, 6) is -1.66. The molecule has 9 nitrogen and oxygen atoms in total. The number of para-hydroxylation sites is 1. The Morgan fingerprint density at radius 1 is 0.841 bits per heavy atom. The van der Waals surface area contributed by atoms with Crippen LogP contribution in [0.5, 0.6) is 0 Å². The van der Waals surface area contributed by atoms with Crippen LogP contribution >= 0.6 is 0 Å². The molecule has 1 saturated carbocycles. The summed E-state index contributed by atoms with van der Waals surface area (Å²) in [6.45, 7) is 5.26. The lowest BCUT2D eigenvalue weighted by molar-refractivity contribution is -0.137. The lowest BCUT2D eigenvalue weighted by Crippen LogP contribution is -2.52. The molecule has 9 heteroatoms. The molecular weight excluding hydrogens is 556 g/mol. The van der Waals surface area contributed by atoms with Gasteiger partial charge in [-0.25, -0.2) is 4.79 Å². The molecule has 1 aliphatic carbocycles. The number of carbonyl (C=O) groups excluding carboxylic acids is 4. The fourth-order valence-corrected chi connectivity index (χ4v) is 4.92. The Labute approximate surface area is 258 Å². The first-order valence-electron chi connectivity index (χ1n) is 15.0. The largest absolute Gasteiger partial charge is 0.463 e. The predicted octanol–water partition coefficient (Wildman–Crippen LogP) is 6.41. The van der Waals surface area contributed by atoms with E-state index in [-0.39, 0.29) is 17.5 Å². The van der Waals surface area contributed by atoms with Crippen LogP contribution in [-0.4, -0.2) is 41.9 Å². The van der Waals surface area contributed by atoms with E-state index < -0.39 is 23.3 Å². The third-order valence-corrected chi connectivity index (χ3v) is 7.38. The zero-order valence-corrected chi connectivity index (χ0v) is 25.4. The highest BCUT2D eigenvalue weighted by atomic mass is 16.5. The molecule has 0 radical (unpaired) electrons. The van der Waals surface area contributed by atoms with E-state index in [2.05, 4.69) is 21.3 Å². The summed E-state index contributed by atoms with van der Waals surface area (Å²) in [5, 5.41) is 12.1. The monoisotopic (exact) mass is 596 g/mol. The summed E-state index contributed by atoms with van der Waals surface area (Å²) < 4.78 is 4.88. The van der Waals surface area contributed by atoms with Crippen molar-refractivity contribution < 1.29 is 23.9 Å². The second-order valence-corrected chi connectivity index (χ2v) is 11.3. The minimum absolute atomic E-state index is 0.260. The molecule has 0 aromatic heterocycles. The van der Waals surface area contributed by atoms with Gasteiger partial charge in [0.25, 0.3) is 11.8 Å². The third kappa shape index (κ3) is 9.04. The van der Waals surface area contributed by atoms with E-state index in [0.29, 0.717) is 29.2 Å². The van der Waals surface area contributed by atoms with Crippen molar-refractivity contribution in [3.05, 3.63) is 95.6 Å². The average Bonchev–Trinajstić information content (AvgIpc) is 3.01. The number of ether oxygens (including phenoxy) is 1. The van der Waals surface area contributed by atoms with E-state index in [1.807, 2.05) is 18.2 Å². The Morgan fingerprint density at radius 3 is 2.20 bits per heavy atom. The number of nitrogens with one attached hydrogen (secondary N) is 4. The number of hydrogen-bond acceptors (Lipinski definition) is 6. The van der Waals surface area contributed by atoms with Crippen LogP contribution in [0, 0.1) is 0 Å². The number of amides is 3. The fraction of sp³-hybridized carbons (Fsp3) is 0.314. The lowest BCUT2D eigenvalue weighted by Gasteiger charge is -2.26. The second kappa shape index (κ2) is 15.0. The normalized spacial score (nSPS) is 13.6. The average molecular weight is 597 g/mol. The standard InChI is InChI=1S/C35H40N4O5/c1-4-44-31(40)22-17-24-15-19-28(20-16-24)38-34(43)35(2,3)39-32(41)25-18-21-30(36-26-11-7-5-8-12-26)29(23-25)33(42)37-27-13-9-6-10-14-27/h6,9-10,13-23,26,36H,4-5,7-8,11-12H2,1-3H3,(H,37,42)(H,38,43)(H,39,41)/b22-17+. The molecule has 230 valence electrons. The Kier molecular flexibility index (Phi) is 10.9. The first-order valence-corrected chi connectivity index (χ1v) is 15.0. The van der Waals surface area contributed by atoms with E-state index in [4.69, 9.17) is 4.74 Å². The molecule has 4 rings (SSSR count). The molecular formula is C35H40N4O5. The SMILES string of the molecule is CCOC(=O)/C=C/c1ccc(NC(=O)C(C)(C)NC(=O)c2ccc(NC3CCCCC3)c(C(=O)Nc3ccccc3)c2)cc1. The molecule has 0 atom stereocenters. The number of carbonyl (C=O) groups is 4. The topological polar surface area (TPSA) is 126 Å². The number of hydrogen-bond donors (Lipinski definition) is 4. The minimum atomic E-state index is -1.27. The summed E-state index contributed by atoms with van der Waals surface area (Å²) in [6.07, 6.45) is 8.50. The van der Waals surface area contributed by atoms with Crippen LogP contribution in [0.2, 0.25) is 0 Å². The van der Waals surface area contributed by atoms with Gasteiger partial charge in [-0.15, -0.1) is 0 Å². The molecule has 0 spiro atoms. The van der Waals surface area contributed by atoms with E-state index >= 15 is 0 Å². The number of benzene rings is 3. The van der Waals surface area contributed by atoms with Crippen LogP contribution in [-0.2, 0) is 14.3 Å². The quantitative estimate of drug-likeness (QED) is 0.150. The summed E-state index contributed by atoms with van der Waals surface area (Å²) in [4.78, 5) is 51.5. The van der Waals surface area contributed by atoms with Gasteiger partial charge in [-0.05, 0) is 87.7 Å². The maximum Gasteiger partial charge on any atom is 0.330 e. The zero-order chi connectivity index (χ0) is 31.5. The molecule has 44 heavy (non-hydrogen) atoms. The molecule has 0 bridgehead atoms. The van der Waals surface area contributed by atoms with Gasteiger partial charge >= 0.3 is 5.97 Å². The van der Waals surface area contributed by atoms with Crippen molar-refractivity contribution in [2.45, 2.75) is 64.5 Å². The maximum atomic E-state index is 13.4. The molecule has 0 unspecified atom stereocenters. The highest BCUT2D eigenvalue weighted by molar-refractivity contribution is 6.10. The van der Waals surface area contributed by atoms with Gasteiger partial charge in [0.2, 0.25) is 5.91 Å². The van der Waals surface area contributed by atoms with Crippen LogP contribution in [0.15, 0.2) is 78.9 Å². The van der Waals surface area contributed by atoms with Gasteiger partial charge in [0, 0.05) is 34.7 Å². The highest BCUT2D eigenvalue weighted by Gasteiger charge is 2.30. The van der Waals surface area contributed by atoms with Crippen molar-refractivity contribution in [1.82, 2.24) is 5.32 Å². The summed E-state index contributed by atoms with van der Waals surface area (Å²) in [7, 11) is 0. The Balaban J connectivity index is 1.46. The molecule has 1 aliphatic rings. The molecule has 3 amide bonds. The van der Waals surface area contributed by atoms with Gasteiger partial charge in [-0.3, -0.25) is 14.4 Å². The molecule has 0 heterocycles. The zero-order valence-electron chi connectivity index (χ0n) is 25.4. The third-order valence-electron chi connectivity index (χ3n) is 7.38. The Bertz CT molecular complexity index is 1490. The number of anilines is 3. The highest BCUT2D eigenvalue weighted by Crippen LogP contribution is 2.26. The first-order chi connectivity index (χ1) is 21.1. The second-order valence-electron chi connectivity index (χ2n) is 11.3. The number of esters is 1. The summed E-state index contributed by atoms with van der Waals surface area (Å²) in [6, 6.07) is 21.3. The van der Waals surface area contributed by atoms with Crippen molar-refractivity contribution in [2.24, 2.45) is 0 Å². The first kappa shape index (κ1) is 32.0. The molecule has 4 N–H and O–H groups in total. The predicted molar refractivity (Wildman–Crippen MR) is 174 cm³/mol. The van der Waals surface area contributed by atoms with Crippen molar-refractivity contribution in [3.8, 4) is 0 Å². The van der Waals surface area contributed by atoms with E-state index in [9.17, 15) is 19.2 Å². The lowest BCUT2D eigenvalue weighted by atomic mass is 9.94. The Hall–Kier alpha value is -4.92. The molecule has 3 aromatic carbocycles. The van der Waals surface area contributed by atoms with Crippen LogP contribution in [0.3, 0.4) is 0 Å².